The first-order valence-electron chi connectivity index (χ1n) is 5.81. The molecule has 1 heterocycles. The Bertz CT molecular complexity index is 260. The average molecular weight is 235 g/mol. The molecule has 0 saturated carbocycles. The standard InChI is InChI=1S/C10H21NO3S/c1-2-3-4-5-6-10-15(12,13)14-11-8-7-9-11/h2-10H2,1H3. The number of hydrogen-bond acceptors (Lipinski definition) is 4. The van der Waals surface area contributed by atoms with Gasteiger partial charge in [0.2, 0.25) is 0 Å². The minimum absolute atomic E-state index is 0.160. The Hall–Kier alpha value is -0.130. The highest BCUT2D eigenvalue weighted by molar-refractivity contribution is 7.86. The molecule has 1 fully saturated rings. The summed E-state index contributed by atoms with van der Waals surface area (Å²) < 4.78 is 27.7. The van der Waals surface area contributed by atoms with Crippen molar-refractivity contribution in [1.29, 1.82) is 0 Å². The van der Waals surface area contributed by atoms with Gasteiger partial charge in [0, 0.05) is 13.1 Å². The molecule has 1 aliphatic heterocycles. The smallest absolute Gasteiger partial charge is 0.198 e. The van der Waals surface area contributed by atoms with E-state index in [4.69, 9.17) is 4.28 Å². The van der Waals surface area contributed by atoms with Crippen LogP contribution < -0.4 is 0 Å². The van der Waals surface area contributed by atoms with Gasteiger partial charge in [0.05, 0.1) is 5.75 Å². The molecule has 0 amide bonds. The summed E-state index contributed by atoms with van der Waals surface area (Å²) >= 11 is 0. The van der Waals surface area contributed by atoms with Crippen LogP contribution in [0.3, 0.4) is 0 Å². The molecule has 1 aliphatic rings. The predicted molar refractivity (Wildman–Crippen MR) is 59.8 cm³/mol. The molecule has 1 rings (SSSR count). The summed E-state index contributed by atoms with van der Waals surface area (Å²) in [6.45, 7) is 3.63. The first-order valence-corrected chi connectivity index (χ1v) is 7.39. The fraction of sp³-hybridized carbons (Fsp3) is 1.00. The second-order valence-corrected chi connectivity index (χ2v) is 5.71. The van der Waals surface area contributed by atoms with Crippen LogP contribution in [-0.4, -0.2) is 32.3 Å². The van der Waals surface area contributed by atoms with E-state index in [-0.39, 0.29) is 5.75 Å². The molecular weight excluding hydrogens is 214 g/mol. The van der Waals surface area contributed by atoms with Crippen molar-refractivity contribution >= 4 is 10.1 Å². The molecule has 4 nitrogen and oxygen atoms in total. The lowest BCUT2D eigenvalue weighted by Gasteiger charge is -2.28. The highest BCUT2D eigenvalue weighted by atomic mass is 32.2. The van der Waals surface area contributed by atoms with E-state index in [1.54, 1.807) is 0 Å². The van der Waals surface area contributed by atoms with E-state index in [9.17, 15) is 8.42 Å². The van der Waals surface area contributed by atoms with Crippen LogP contribution in [0, 0.1) is 0 Å². The summed E-state index contributed by atoms with van der Waals surface area (Å²) in [7, 11) is -3.30. The molecule has 0 spiro atoms. The molecule has 0 aromatic rings. The number of hydrogen-bond donors (Lipinski definition) is 0. The SMILES string of the molecule is CCCCCCCS(=O)(=O)ON1CCC1. The van der Waals surface area contributed by atoms with Crippen molar-refractivity contribution in [2.24, 2.45) is 0 Å². The molecule has 0 unspecified atom stereocenters. The number of hydroxylamine groups is 2. The van der Waals surface area contributed by atoms with Crippen molar-refractivity contribution in [3.8, 4) is 0 Å². The summed E-state index contributed by atoms with van der Waals surface area (Å²) in [5.74, 6) is 0.160. The van der Waals surface area contributed by atoms with E-state index >= 15 is 0 Å². The van der Waals surface area contributed by atoms with E-state index < -0.39 is 10.1 Å². The Kier molecular flexibility index (Phi) is 5.56. The van der Waals surface area contributed by atoms with Gasteiger partial charge in [-0.15, -0.1) is 0 Å². The zero-order valence-corrected chi connectivity index (χ0v) is 10.3. The number of nitrogens with zero attached hydrogens (tertiary/aromatic N) is 1. The highest BCUT2D eigenvalue weighted by Gasteiger charge is 2.22. The molecule has 90 valence electrons. The molecule has 0 atom stereocenters. The third-order valence-corrected chi connectivity index (χ3v) is 3.76. The molecule has 5 heteroatoms. The third-order valence-electron chi connectivity index (χ3n) is 2.53. The van der Waals surface area contributed by atoms with Gasteiger partial charge < -0.3 is 0 Å². The molecule has 0 aliphatic carbocycles. The van der Waals surface area contributed by atoms with Crippen LogP contribution >= 0.6 is 0 Å². The lowest BCUT2D eigenvalue weighted by molar-refractivity contribution is -0.101. The maximum Gasteiger partial charge on any atom is 0.283 e. The molecule has 15 heavy (non-hydrogen) atoms. The fourth-order valence-corrected chi connectivity index (χ4v) is 2.54. The predicted octanol–water partition coefficient (Wildman–Crippen LogP) is 1.92. The van der Waals surface area contributed by atoms with Crippen molar-refractivity contribution < 1.29 is 12.7 Å². The van der Waals surface area contributed by atoms with Crippen LogP contribution in [0.2, 0.25) is 0 Å². The van der Waals surface area contributed by atoms with E-state index in [1.165, 1.54) is 17.9 Å². The molecule has 0 aromatic carbocycles. The van der Waals surface area contributed by atoms with Gasteiger partial charge in [-0.05, 0) is 12.8 Å². The van der Waals surface area contributed by atoms with E-state index in [1.807, 2.05) is 0 Å². The molecule has 0 bridgehead atoms. The Morgan fingerprint density at radius 2 is 1.80 bits per heavy atom. The number of unbranched alkanes of at least 4 members (excludes halogenated alkanes) is 4. The first kappa shape index (κ1) is 12.9. The van der Waals surface area contributed by atoms with Gasteiger partial charge >= 0.3 is 0 Å². The fourth-order valence-electron chi connectivity index (χ4n) is 1.44. The quantitative estimate of drug-likeness (QED) is 0.603. The van der Waals surface area contributed by atoms with Gasteiger partial charge in [0.1, 0.15) is 0 Å². The molecule has 1 saturated heterocycles. The van der Waals surface area contributed by atoms with Crippen LogP contribution in [0.5, 0.6) is 0 Å². The maximum absolute atomic E-state index is 11.4. The number of rotatable bonds is 8. The van der Waals surface area contributed by atoms with Crippen LogP contribution in [0.4, 0.5) is 0 Å². The summed E-state index contributed by atoms with van der Waals surface area (Å²) in [4.78, 5) is 0. The van der Waals surface area contributed by atoms with E-state index in [0.717, 1.165) is 38.8 Å². The van der Waals surface area contributed by atoms with Gasteiger partial charge in [0.25, 0.3) is 10.1 Å². The molecular formula is C10H21NO3S. The Balaban J connectivity index is 2.07. The van der Waals surface area contributed by atoms with Crippen molar-refractivity contribution in [3.63, 3.8) is 0 Å². The van der Waals surface area contributed by atoms with Crippen LogP contribution in [0.25, 0.3) is 0 Å². The van der Waals surface area contributed by atoms with Crippen molar-refractivity contribution in [1.82, 2.24) is 5.06 Å². The topological polar surface area (TPSA) is 46.6 Å². The molecule has 0 radical (unpaired) electrons. The second kappa shape index (κ2) is 6.45. The van der Waals surface area contributed by atoms with Gasteiger partial charge in [-0.25, -0.2) is 0 Å². The van der Waals surface area contributed by atoms with Gasteiger partial charge in [-0.3, -0.25) is 0 Å². The highest BCUT2D eigenvalue weighted by Crippen LogP contribution is 2.12. The van der Waals surface area contributed by atoms with Crippen molar-refractivity contribution in [2.45, 2.75) is 45.4 Å². The Morgan fingerprint density at radius 1 is 1.13 bits per heavy atom. The van der Waals surface area contributed by atoms with Crippen LogP contribution in [0.15, 0.2) is 0 Å². The van der Waals surface area contributed by atoms with Gasteiger partial charge in [-0.2, -0.15) is 17.8 Å². The lowest BCUT2D eigenvalue weighted by atomic mass is 10.2. The zero-order valence-electron chi connectivity index (χ0n) is 9.44. The monoisotopic (exact) mass is 235 g/mol. The second-order valence-electron chi connectivity index (χ2n) is 4.03. The minimum atomic E-state index is -3.30. The summed E-state index contributed by atoms with van der Waals surface area (Å²) in [5.41, 5.74) is 0. The summed E-state index contributed by atoms with van der Waals surface area (Å²) in [6, 6.07) is 0. The van der Waals surface area contributed by atoms with Gasteiger partial charge in [0.15, 0.2) is 0 Å². The van der Waals surface area contributed by atoms with Crippen LogP contribution in [-0.2, 0) is 14.4 Å². The first-order chi connectivity index (χ1) is 7.14. The minimum Gasteiger partial charge on any atom is -0.198 e. The lowest BCUT2D eigenvalue weighted by Crippen LogP contribution is -2.39. The maximum atomic E-state index is 11.4. The summed E-state index contributed by atoms with van der Waals surface area (Å²) in [5, 5.41) is 1.52. The Labute approximate surface area is 92.7 Å². The van der Waals surface area contributed by atoms with E-state index in [2.05, 4.69) is 6.92 Å². The zero-order chi connectivity index (χ0) is 11.1. The molecule has 0 N–H and O–H groups in total. The average Bonchev–Trinajstić information content (AvgIpc) is 2.12. The summed E-state index contributed by atoms with van der Waals surface area (Å²) in [6.07, 6.45) is 6.22. The van der Waals surface area contributed by atoms with Crippen LogP contribution in [0.1, 0.15) is 45.4 Å². The molecule has 0 aromatic heterocycles. The van der Waals surface area contributed by atoms with Crippen molar-refractivity contribution in [2.75, 3.05) is 18.8 Å². The largest absolute Gasteiger partial charge is 0.283 e. The third kappa shape index (κ3) is 5.49. The van der Waals surface area contributed by atoms with Crippen molar-refractivity contribution in [3.05, 3.63) is 0 Å². The van der Waals surface area contributed by atoms with E-state index in [0.29, 0.717) is 0 Å². The normalized spacial score (nSPS) is 17.7. The van der Waals surface area contributed by atoms with Gasteiger partial charge in [-0.1, -0.05) is 32.6 Å². The Morgan fingerprint density at radius 3 is 2.33 bits per heavy atom.